The molecule has 0 aliphatic rings. The maximum absolute atomic E-state index is 12.9. The number of hydrogen-bond acceptors (Lipinski definition) is 5. The first-order valence-corrected chi connectivity index (χ1v) is 8.89. The molecule has 1 N–H and O–H groups in total. The van der Waals surface area contributed by atoms with Gasteiger partial charge in [0, 0.05) is 19.8 Å². The van der Waals surface area contributed by atoms with Gasteiger partial charge in [0.25, 0.3) is 5.56 Å². The van der Waals surface area contributed by atoms with Gasteiger partial charge in [0.05, 0.1) is 12.6 Å². The second-order valence-electron chi connectivity index (χ2n) is 6.00. The number of thioether (sulfide) groups is 1. The summed E-state index contributed by atoms with van der Waals surface area (Å²) in [4.78, 5) is 30.0. The summed E-state index contributed by atoms with van der Waals surface area (Å²) in [5.74, 6) is 0.462. The van der Waals surface area contributed by atoms with Crippen LogP contribution >= 0.6 is 11.8 Å². The quantitative estimate of drug-likeness (QED) is 0.685. The predicted molar refractivity (Wildman–Crippen MR) is 98.2 cm³/mol. The molecule has 0 aliphatic heterocycles. The van der Waals surface area contributed by atoms with E-state index in [4.69, 9.17) is 0 Å². The van der Waals surface area contributed by atoms with Gasteiger partial charge in [0.1, 0.15) is 0 Å². The molecule has 132 valence electrons. The number of benzene rings is 1. The van der Waals surface area contributed by atoms with E-state index in [1.54, 1.807) is 25.6 Å². The van der Waals surface area contributed by atoms with Crippen LogP contribution in [0.2, 0.25) is 0 Å². The Bertz CT molecular complexity index is 1020. The lowest BCUT2D eigenvalue weighted by atomic mass is 10.2. The van der Waals surface area contributed by atoms with Gasteiger partial charge in [-0.25, -0.2) is 9.78 Å². The summed E-state index contributed by atoms with van der Waals surface area (Å²) < 4.78 is 4.31. The molecule has 2 heterocycles. The molecule has 0 bridgehead atoms. The molecule has 0 aliphatic carbocycles. The topological polar surface area (TPSA) is 82.1 Å². The molecule has 3 aromatic rings. The van der Waals surface area contributed by atoms with Crippen LogP contribution in [0.15, 0.2) is 45.1 Å². The predicted octanol–water partition coefficient (Wildman–Crippen LogP) is 0.955. The minimum absolute atomic E-state index is 0.212. The SMILES string of the molecule is CC(O)CSc1nc2c(c(=O)n(Cc3ccccc3)c(=O)n2C)n1C. The lowest BCUT2D eigenvalue weighted by molar-refractivity contribution is 0.220. The number of aryl methyl sites for hydroxylation is 2. The van der Waals surface area contributed by atoms with Crippen molar-refractivity contribution < 1.29 is 5.11 Å². The molecular formula is C17H20N4O3S. The van der Waals surface area contributed by atoms with Crippen LogP contribution in [0.3, 0.4) is 0 Å². The van der Waals surface area contributed by atoms with Crippen LogP contribution in [0.25, 0.3) is 11.2 Å². The first kappa shape index (κ1) is 17.5. The van der Waals surface area contributed by atoms with Crippen molar-refractivity contribution in [2.75, 3.05) is 5.75 Å². The summed E-state index contributed by atoms with van der Waals surface area (Å²) in [6, 6.07) is 9.39. The normalized spacial score (nSPS) is 12.6. The number of hydrogen-bond donors (Lipinski definition) is 1. The van der Waals surface area contributed by atoms with E-state index in [1.165, 1.54) is 20.9 Å². The minimum Gasteiger partial charge on any atom is -0.393 e. The Morgan fingerprint density at radius 3 is 2.48 bits per heavy atom. The fraction of sp³-hybridized carbons (Fsp3) is 0.353. The molecular weight excluding hydrogens is 340 g/mol. The highest BCUT2D eigenvalue weighted by atomic mass is 32.2. The number of fused-ring (bicyclic) bond motifs is 1. The van der Waals surface area contributed by atoms with Gasteiger partial charge in [0.15, 0.2) is 16.3 Å². The van der Waals surface area contributed by atoms with Crippen molar-refractivity contribution >= 4 is 22.9 Å². The van der Waals surface area contributed by atoms with Crippen molar-refractivity contribution in [1.29, 1.82) is 0 Å². The number of aliphatic hydroxyl groups is 1. The zero-order chi connectivity index (χ0) is 18.1. The van der Waals surface area contributed by atoms with Crippen molar-refractivity contribution in [3.8, 4) is 0 Å². The highest BCUT2D eigenvalue weighted by Crippen LogP contribution is 2.20. The highest BCUT2D eigenvalue weighted by molar-refractivity contribution is 7.99. The minimum atomic E-state index is -0.483. The molecule has 1 atom stereocenters. The Morgan fingerprint density at radius 1 is 1.16 bits per heavy atom. The molecule has 0 amide bonds. The van der Waals surface area contributed by atoms with Gasteiger partial charge in [-0.2, -0.15) is 0 Å². The molecule has 1 aromatic carbocycles. The Hall–Kier alpha value is -2.32. The summed E-state index contributed by atoms with van der Waals surface area (Å²) >= 11 is 1.35. The molecule has 8 heteroatoms. The van der Waals surface area contributed by atoms with Crippen LogP contribution in [0.1, 0.15) is 12.5 Å². The van der Waals surface area contributed by atoms with Gasteiger partial charge >= 0.3 is 5.69 Å². The smallest absolute Gasteiger partial charge is 0.332 e. The van der Waals surface area contributed by atoms with E-state index < -0.39 is 11.8 Å². The lowest BCUT2D eigenvalue weighted by Crippen LogP contribution is -2.39. The van der Waals surface area contributed by atoms with Crippen LogP contribution in [0, 0.1) is 0 Å². The van der Waals surface area contributed by atoms with E-state index >= 15 is 0 Å². The standard InChI is InChI=1S/C17H20N4O3S/c1-11(22)10-25-16-18-14-13(19(16)2)15(23)21(17(24)20(14)3)9-12-7-5-4-6-8-12/h4-8,11,22H,9-10H2,1-3H3. The van der Waals surface area contributed by atoms with Gasteiger partial charge in [0.2, 0.25) is 0 Å². The fourth-order valence-electron chi connectivity index (χ4n) is 2.65. The molecule has 3 rings (SSSR count). The Morgan fingerprint density at radius 2 is 1.84 bits per heavy atom. The maximum Gasteiger partial charge on any atom is 0.332 e. The average molecular weight is 360 g/mol. The maximum atomic E-state index is 12.9. The third-order valence-electron chi connectivity index (χ3n) is 3.96. The molecule has 7 nitrogen and oxygen atoms in total. The summed E-state index contributed by atoms with van der Waals surface area (Å²) in [6.45, 7) is 1.90. The van der Waals surface area contributed by atoms with E-state index in [-0.39, 0.29) is 12.1 Å². The van der Waals surface area contributed by atoms with Gasteiger partial charge in [-0.15, -0.1) is 0 Å². The Labute approximate surface area is 148 Å². The van der Waals surface area contributed by atoms with E-state index in [0.29, 0.717) is 22.1 Å². The van der Waals surface area contributed by atoms with Crippen LogP contribution < -0.4 is 11.2 Å². The molecule has 0 spiro atoms. The van der Waals surface area contributed by atoms with E-state index in [1.807, 2.05) is 30.3 Å². The van der Waals surface area contributed by atoms with Gasteiger partial charge < -0.3 is 9.67 Å². The van der Waals surface area contributed by atoms with Crippen LogP contribution in [-0.4, -0.2) is 35.6 Å². The molecule has 1 unspecified atom stereocenters. The van der Waals surface area contributed by atoms with Crippen molar-refractivity contribution in [3.63, 3.8) is 0 Å². The zero-order valence-electron chi connectivity index (χ0n) is 14.3. The molecule has 2 aromatic heterocycles. The summed E-state index contributed by atoms with van der Waals surface area (Å²) in [7, 11) is 3.36. The molecule has 25 heavy (non-hydrogen) atoms. The third kappa shape index (κ3) is 3.27. The van der Waals surface area contributed by atoms with Crippen molar-refractivity contribution in [2.45, 2.75) is 24.7 Å². The zero-order valence-corrected chi connectivity index (χ0v) is 15.2. The third-order valence-corrected chi connectivity index (χ3v) is 5.23. The second kappa shape index (κ2) is 6.89. The first-order chi connectivity index (χ1) is 11.9. The summed E-state index contributed by atoms with van der Waals surface area (Å²) in [5, 5.41) is 10.1. The number of nitrogens with zero attached hydrogens (tertiary/aromatic N) is 4. The van der Waals surface area contributed by atoms with E-state index in [9.17, 15) is 14.7 Å². The second-order valence-corrected chi connectivity index (χ2v) is 6.99. The number of imidazole rings is 1. The largest absolute Gasteiger partial charge is 0.393 e. The fourth-order valence-corrected chi connectivity index (χ4v) is 3.48. The van der Waals surface area contributed by atoms with Crippen LogP contribution in [-0.2, 0) is 20.6 Å². The van der Waals surface area contributed by atoms with Gasteiger partial charge in [-0.3, -0.25) is 13.9 Å². The van der Waals surface area contributed by atoms with E-state index in [0.717, 1.165) is 5.56 Å². The Balaban J connectivity index is 2.15. The van der Waals surface area contributed by atoms with Crippen LogP contribution in [0.5, 0.6) is 0 Å². The molecule has 0 radical (unpaired) electrons. The first-order valence-electron chi connectivity index (χ1n) is 7.91. The monoisotopic (exact) mass is 360 g/mol. The Kier molecular flexibility index (Phi) is 4.82. The number of aromatic nitrogens is 4. The highest BCUT2D eigenvalue weighted by Gasteiger charge is 2.19. The van der Waals surface area contributed by atoms with Crippen molar-refractivity contribution in [3.05, 3.63) is 56.7 Å². The van der Waals surface area contributed by atoms with Crippen molar-refractivity contribution in [2.24, 2.45) is 14.1 Å². The van der Waals surface area contributed by atoms with Gasteiger partial charge in [-0.1, -0.05) is 42.1 Å². The van der Waals surface area contributed by atoms with E-state index in [2.05, 4.69) is 4.98 Å². The number of rotatable bonds is 5. The van der Waals surface area contributed by atoms with Crippen LogP contribution in [0.4, 0.5) is 0 Å². The average Bonchev–Trinajstić information content (AvgIpc) is 2.93. The molecule has 0 fully saturated rings. The molecule has 0 saturated carbocycles. The number of aliphatic hydroxyl groups excluding tert-OH is 1. The van der Waals surface area contributed by atoms with Crippen molar-refractivity contribution in [1.82, 2.24) is 18.7 Å². The lowest BCUT2D eigenvalue weighted by Gasteiger charge is -2.08. The summed E-state index contributed by atoms with van der Waals surface area (Å²) in [5.41, 5.74) is 0.861. The summed E-state index contributed by atoms with van der Waals surface area (Å²) in [6.07, 6.45) is -0.483. The van der Waals surface area contributed by atoms with Gasteiger partial charge in [-0.05, 0) is 12.5 Å². The molecule has 0 saturated heterocycles.